The van der Waals surface area contributed by atoms with Crippen LogP contribution in [-0.4, -0.2) is 15.9 Å². The number of fused-ring (bicyclic) bond motifs is 1. The third-order valence-electron chi connectivity index (χ3n) is 2.76. The molecule has 4 heteroatoms. The van der Waals surface area contributed by atoms with E-state index in [9.17, 15) is 4.79 Å². The fourth-order valence-corrected chi connectivity index (χ4v) is 1.87. The van der Waals surface area contributed by atoms with Gasteiger partial charge in [-0.3, -0.25) is 4.79 Å². The van der Waals surface area contributed by atoms with Crippen molar-refractivity contribution in [2.24, 2.45) is 5.10 Å². The highest BCUT2D eigenvalue weighted by molar-refractivity contribution is 5.77. The molecular weight excluding hydrogens is 238 g/mol. The summed E-state index contributed by atoms with van der Waals surface area (Å²) in [5.74, 6) is 0.701. The van der Waals surface area contributed by atoms with E-state index in [1.165, 1.54) is 4.68 Å². The van der Waals surface area contributed by atoms with Crippen molar-refractivity contribution in [1.82, 2.24) is 9.66 Å². The maximum atomic E-state index is 12.4. The Morgan fingerprint density at radius 3 is 2.89 bits per heavy atom. The fraction of sp³-hybridized carbons (Fsp3) is 0.267. The van der Waals surface area contributed by atoms with Gasteiger partial charge in [0.1, 0.15) is 5.82 Å². The van der Waals surface area contributed by atoms with Crippen LogP contribution in [0.4, 0.5) is 0 Å². The van der Waals surface area contributed by atoms with Crippen LogP contribution in [0.2, 0.25) is 0 Å². The quantitative estimate of drug-likeness (QED) is 0.789. The number of aryl methyl sites for hydroxylation is 1. The minimum absolute atomic E-state index is 0.116. The first-order valence-electron chi connectivity index (χ1n) is 6.44. The molecule has 0 atom stereocenters. The van der Waals surface area contributed by atoms with E-state index < -0.39 is 0 Å². The summed E-state index contributed by atoms with van der Waals surface area (Å²) in [5, 5.41) is 4.79. The standard InChI is InChI=1S/C15H17N3O/c1-3-5-11-16-18-14(8-4-2)17-13-10-7-6-9-12(13)15(18)19/h3,5-7,9-11H,4,8H2,1-2H3/b5-3+,16-11+. The predicted molar refractivity (Wildman–Crippen MR) is 78.7 cm³/mol. The Morgan fingerprint density at radius 2 is 2.16 bits per heavy atom. The molecule has 0 spiro atoms. The molecule has 0 radical (unpaired) electrons. The molecule has 4 nitrogen and oxygen atoms in total. The van der Waals surface area contributed by atoms with Crippen molar-refractivity contribution in [3.05, 3.63) is 52.6 Å². The van der Waals surface area contributed by atoms with Crippen LogP contribution in [-0.2, 0) is 6.42 Å². The Balaban J connectivity index is 2.67. The fourth-order valence-electron chi connectivity index (χ4n) is 1.87. The molecule has 1 aromatic carbocycles. The molecule has 2 aromatic rings. The van der Waals surface area contributed by atoms with Crippen LogP contribution in [0.1, 0.15) is 26.1 Å². The predicted octanol–water partition coefficient (Wildman–Crippen LogP) is 2.76. The Kier molecular flexibility index (Phi) is 4.23. The van der Waals surface area contributed by atoms with Gasteiger partial charge in [0, 0.05) is 12.6 Å². The van der Waals surface area contributed by atoms with Crippen LogP contribution >= 0.6 is 0 Å². The summed E-state index contributed by atoms with van der Waals surface area (Å²) < 4.78 is 1.39. The van der Waals surface area contributed by atoms with Gasteiger partial charge in [0.25, 0.3) is 5.56 Å². The number of hydrogen-bond acceptors (Lipinski definition) is 3. The Labute approximate surface area is 112 Å². The van der Waals surface area contributed by atoms with E-state index in [4.69, 9.17) is 0 Å². The highest BCUT2D eigenvalue weighted by atomic mass is 16.1. The molecule has 0 saturated carbocycles. The molecule has 0 fully saturated rings. The highest BCUT2D eigenvalue weighted by Gasteiger charge is 2.08. The van der Waals surface area contributed by atoms with Crippen molar-refractivity contribution in [1.29, 1.82) is 0 Å². The molecule has 0 saturated heterocycles. The third-order valence-corrected chi connectivity index (χ3v) is 2.76. The molecule has 1 aromatic heterocycles. The van der Waals surface area contributed by atoms with Crippen LogP contribution in [0.15, 0.2) is 46.3 Å². The SMILES string of the molecule is C/C=C/C=N/n1c(CCC)nc2ccccc2c1=O. The largest absolute Gasteiger partial charge is 0.282 e. The zero-order chi connectivity index (χ0) is 13.7. The molecular formula is C15H17N3O. The van der Waals surface area contributed by atoms with Crippen molar-refractivity contribution in [2.45, 2.75) is 26.7 Å². The zero-order valence-corrected chi connectivity index (χ0v) is 11.2. The Hall–Kier alpha value is -2.23. The summed E-state index contributed by atoms with van der Waals surface area (Å²) in [6.07, 6.45) is 6.91. The average Bonchev–Trinajstić information content (AvgIpc) is 2.43. The van der Waals surface area contributed by atoms with Gasteiger partial charge in [0.2, 0.25) is 0 Å². The van der Waals surface area contributed by atoms with Crippen molar-refractivity contribution in [2.75, 3.05) is 0 Å². The van der Waals surface area contributed by atoms with E-state index in [-0.39, 0.29) is 5.56 Å². The van der Waals surface area contributed by atoms with E-state index in [0.29, 0.717) is 11.2 Å². The van der Waals surface area contributed by atoms with Crippen molar-refractivity contribution < 1.29 is 0 Å². The summed E-state index contributed by atoms with van der Waals surface area (Å²) in [6, 6.07) is 7.36. The van der Waals surface area contributed by atoms with Gasteiger partial charge in [-0.05, 0) is 31.6 Å². The van der Waals surface area contributed by atoms with Gasteiger partial charge < -0.3 is 0 Å². The lowest BCUT2D eigenvalue weighted by Crippen LogP contribution is -2.22. The van der Waals surface area contributed by atoms with Gasteiger partial charge in [-0.15, -0.1) is 0 Å². The molecule has 98 valence electrons. The van der Waals surface area contributed by atoms with E-state index in [0.717, 1.165) is 18.4 Å². The second kappa shape index (κ2) is 6.09. The van der Waals surface area contributed by atoms with E-state index in [1.807, 2.05) is 31.2 Å². The molecule has 0 aliphatic rings. The number of aromatic nitrogens is 2. The van der Waals surface area contributed by atoms with Gasteiger partial charge >= 0.3 is 0 Å². The van der Waals surface area contributed by atoms with E-state index >= 15 is 0 Å². The lowest BCUT2D eigenvalue weighted by Gasteiger charge is -2.07. The third kappa shape index (κ3) is 2.78. The molecule has 0 aliphatic heterocycles. The summed E-state index contributed by atoms with van der Waals surface area (Å²) in [6.45, 7) is 3.96. The van der Waals surface area contributed by atoms with Gasteiger partial charge in [-0.2, -0.15) is 9.78 Å². The molecule has 1 heterocycles. The number of nitrogens with zero attached hydrogens (tertiary/aromatic N) is 3. The molecule has 0 amide bonds. The van der Waals surface area contributed by atoms with Crippen molar-refractivity contribution in [3.8, 4) is 0 Å². The Bertz CT molecular complexity index is 683. The van der Waals surface area contributed by atoms with Crippen molar-refractivity contribution >= 4 is 17.1 Å². The van der Waals surface area contributed by atoms with Crippen LogP contribution in [0.25, 0.3) is 10.9 Å². The normalized spacial score (nSPS) is 11.9. The van der Waals surface area contributed by atoms with Gasteiger partial charge in [-0.1, -0.05) is 25.1 Å². The molecule has 0 unspecified atom stereocenters. The van der Waals surface area contributed by atoms with Crippen LogP contribution in [0.3, 0.4) is 0 Å². The van der Waals surface area contributed by atoms with E-state index in [2.05, 4.69) is 17.0 Å². The molecule has 19 heavy (non-hydrogen) atoms. The molecule has 0 N–H and O–H groups in total. The number of para-hydroxylation sites is 1. The lowest BCUT2D eigenvalue weighted by atomic mass is 10.2. The summed E-state index contributed by atoms with van der Waals surface area (Å²) in [7, 11) is 0. The highest BCUT2D eigenvalue weighted by Crippen LogP contribution is 2.09. The first kappa shape index (κ1) is 13.2. The number of rotatable bonds is 4. The minimum Gasteiger partial charge on any atom is -0.267 e. The second-order valence-corrected chi connectivity index (χ2v) is 4.20. The number of allylic oxidation sites excluding steroid dienone is 2. The molecule has 0 aliphatic carbocycles. The maximum absolute atomic E-state index is 12.4. The van der Waals surface area contributed by atoms with Crippen LogP contribution in [0.5, 0.6) is 0 Å². The van der Waals surface area contributed by atoms with Gasteiger partial charge in [-0.25, -0.2) is 4.98 Å². The second-order valence-electron chi connectivity index (χ2n) is 4.20. The van der Waals surface area contributed by atoms with Crippen molar-refractivity contribution in [3.63, 3.8) is 0 Å². The maximum Gasteiger partial charge on any atom is 0.282 e. The smallest absolute Gasteiger partial charge is 0.267 e. The zero-order valence-electron chi connectivity index (χ0n) is 11.2. The summed E-state index contributed by atoms with van der Waals surface area (Å²) in [4.78, 5) is 16.9. The molecule has 2 rings (SSSR count). The average molecular weight is 255 g/mol. The first-order valence-corrected chi connectivity index (χ1v) is 6.44. The number of hydrogen-bond donors (Lipinski definition) is 0. The van der Waals surface area contributed by atoms with Gasteiger partial charge in [0.15, 0.2) is 0 Å². The topological polar surface area (TPSA) is 47.2 Å². The molecule has 0 bridgehead atoms. The summed E-state index contributed by atoms with van der Waals surface area (Å²) in [5.41, 5.74) is 0.614. The minimum atomic E-state index is -0.116. The van der Waals surface area contributed by atoms with Gasteiger partial charge in [0.05, 0.1) is 10.9 Å². The first-order chi connectivity index (χ1) is 9.27. The van der Waals surface area contributed by atoms with Crippen LogP contribution < -0.4 is 5.56 Å². The Morgan fingerprint density at radius 1 is 1.37 bits per heavy atom. The lowest BCUT2D eigenvalue weighted by molar-refractivity contribution is 0.704. The van der Waals surface area contributed by atoms with Crippen LogP contribution in [0, 0.1) is 0 Å². The van der Waals surface area contributed by atoms with E-state index in [1.54, 1.807) is 18.4 Å². The monoisotopic (exact) mass is 255 g/mol. The summed E-state index contributed by atoms with van der Waals surface area (Å²) >= 11 is 0. The number of benzene rings is 1.